The Hall–Kier alpha value is -4.48. The van der Waals surface area contributed by atoms with Crippen LogP contribution >= 0.6 is 0 Å². The average Bonchev–Trinajstić information content (AvgIpc) is 3.50. The van der Waals surface area contributed by atoms with Crippen molar-refractivity contribution in [1.82, 2.24) is 20.1 Å². The molecular weight excluding hydrogens is 625 g/mol. The third kappa shape index (κ3) is 6.74. The minimum absolute atomic E-state index is 0.0487. The topological polar surface area (TPSA) is 116 Å². The molecule has 11 heteroatoms. The molecule has 0 saturated carbocycles. The number of nitrogens with zero attached hydrogens (tertiary/aromatic N) is 3. The molecule has 1 aromatic heterocycles. The Labute approximate surface area is 284 Å². The van der Waals surface area contributed by atoms with Crippen LogP contribution in [0.5, 0.6) is 11.5 Å². The molecule has 2 saturated heterocycles. The number of rotatable bonds is 9. The summed E-state index contributed by atoms with van der Waals surface area (Å²) in [4.78, 5) is 44.3. The molecule has 10 nitrogen and oxygen atoms in total. The second-order valence-corrected chi connectivity index (χ2v) is 14.6. The molecule has 1 unspecified atom stereocenters. The fourth-order valence-corrected chi connectivity index (χ4v) is 7.38. The van der Waals surface area contributed by atoms with Crippen LogP contribution in [0.25, 0.3) is 27.4 Å². The highest BCUT2D eigenvalue weighted by molar-refractivity contribution is 6.02. The van der Waals surface area contributed by atoms with Crippen LogP contribution in [0, 0.1) is 11.7 Å². The van der Waals surface area contributed by atoms with Crippen molar-refractivity contribution in [3.8, 4) is 17.2 Å². The number of anilines is 1. The van der Waals surface area contributed by atoms with E-state index in [1.807, 2.05) is 41.3 Å². The first-order chi connectivity index (χ1) is 23.4. The molecule has 4 aromatic rings. The number of hydrogen-bond acceptors (Lipinski definition) is 7. The first-order valence-electron chi connectivity index (χ1n) is 17.4. The number of hydrogen-bond donors (Lipinski definition) is 3. The van der Waals surface area contributed by atoms with Gasteiger partial charge in [0.05, 0.1) is 23.1 Å². The van der Waals surface area contributed by atoms with E-state index >= 15 is 4.39 Å². The van der Waals surface area contributed by atoms with E-state index in [9.17, 15) is 19.5 Å². The third-order valence-electron chi connectivity index (χ3n) is 9.99. The van der Waals surface area contributed by atoms with Crippen molar-refractivity contribution in [2.24, 2.45) is 5.92 Å². The van der Waals surface area contributed by atoms with Gasteiger partial charge in [0.25, 0.3) is 5.91 Å². The van der Waals surface area contributed by atoms with Crippen molar-refractivity contribution in [3.63, 3.8) is 0 Å². The lowest BCUT2D eigenvalue weighted by Gasteiger charge is -2.30. The summed E-state index contributed by atoms with van der Waals surface area (Å²) in [6.07, 6.45) is 5.20. The Morgan fingerprint density at radius 1 is 1.06 bits per heavy atom. The number of piperidine rings is 1. The van der Waals surface area contributed by atoms with Crippen molar-refractivity contribution in [3.05, 3.63) is 70.3 Å². The fraction of sp³-hybridized carbons (Fsp3) is 0.447. The highest BCUT2D eigenvalue weighted by Crippen LogP contribution is 2.48. The van der Waals surface area contributed by atoms with E-state index in [-0.39, 0.29) is 40.8 Å². The van der Waals surface area contributed by atoms with E-state index in [0.717, 1.165) is 42.7 Å². The average molecular weight is 670 g/mol. The lowest BCUT2D eigenvalue weighted by molar-refractivity contribution is -0.125. The number of aromatic nitrogens is 1. The molecule has 0 bridgehead atoms. The minimum Gasteiger partial charge on any atom is -0.451 e. The molecule has 0 radical (unpaired) electrons. The van der Waals surface area contributed by atoms with Crippen LogP contribution in [0.1, 0.15) is 63.2 Å². The van der Waals surface area contributed by atoms with Crippen molar-refractivity contribution in [2.45, 2.75) is 64.5 Å². The predicted octanol–water partition coefficient (Wildman–Crippen LogP) is 5.10. The zero-order chi connectivity index (χ0) is 34.4. The van der Waals surface area contributed by atoms with E-state index in [4.69, 9.17) is 4.74 Å². The van der Waals surface area contributed by atoms with Crippen molar-refractivity contribution < 1.29 is 23.8 Å². The Bertz CT molecular complexity index is 2000. The maximum atomic E-state index is 16.3. The summed E-state index contributed by atoms with van der Waals surface area (Å²) in [6, 6.07) is 12.6. The summed E-state index contributed by atoms with van der Waals surface area (Å²) < 4.78 is 24.6. The number of carbonyl (C=O) groups excluding carboxylic acids is 2. The Morgan fingerprint density at radius 3 is 2.53 bits per heavy atom. The molecule has 3 aliphatic heterocycles. The summed E-state index contributed by atoms with van der Waals surface area (Å²) in [6.45, 7) is 9.62. The molecule has 1 atom stereocenters. The SMILES string of the molecule is CC1CCN(CCCNC(=O)c2cn3c4c(c(N5CCC(NC(=O)CC(C)(C)O)C5)c(F)cc4c2=O)Oc2cc4ccccc4cc2-3)CC1. The Morgan fingerprint density at radius 2 is 1.80 bits per heavy atom. The lowest BCUT2D eigenvalue weighted by atomic mass is 9.99. The van der Waals surface area contributed by atoms with E-state index < -0.39 is 22.8 Å². The second-order valence-electron chi connectivity index (χ2n) is 14.6. The first kappa shape index (κ1) is 33.0. The molecule has 3 aromatic carbocycles. The number of carbonyl (C=O) groups is 2. The fourth-order valence-electron chi connectivity index (χ4n) is 7.38. The maximum absolute atomic E-state index is 16.3. The van der Waals surface area contributed by atoms with Crippen LogP contribution < -0.4 is 25.7 Å². The van der Waals surface area contributed by atoms with Crippen LogP contribution in [-0.2, 0) is 4.79 Å². The number of halogens is 1. The van der Waals surface area contributed by atoms with Gasteiger partial charge in [-0.3, -0.25) is 14.4 Å². The number of ether oxygens (including phenoxy) is 1. The van der Waals surface area contributed by atoms with Gasteiger partial charge in [-0.15, -0.1) is 0 Å². The van der Waals surface area contributed by atoms with Crippen LogP contribution in [0.3, 0.4) is 0 Å². The number of benzene rings is 3. The Balaban J connectivity index is 1.23. The van der Waals surface area contributed by atoms with E-state index in [1.165, 1.54) is 18.9 Å². The predicted molar refractivity (Wildman–Crippen MR) is 189 cm³/mol. The number of aliphatic hydroxyl groups is 1. The van der Waals surface area contributed by atoms with Crippen molar-refractivity contribution in [2.75, 3.05) is 44.2 Å². The lowest BCUT2D eigenvalue weighted by Crippen LogP contribution is -2.40. The molecular formula is C38H44FN5O5. The van der Waals surface area contributed by atoms with Gasteiger partial charge >= 0.3 is 0 Å². The molecule has 3 N–H and O–H groups in total. The maximum Gasteiger partial charge on any atom is 0.256 e. The van der Waals surface area contributed by atoms with Gasteiger partial charge in [0, 0.05) is 31.9 Å². The van der Waals surface area contributed by atoms with Gasteiger partial charge in [-0.1, -0.05) is 31.2 Å². The van der Waals surface area contributed by atoms with Gasteiger partial charge in [0.2, 0.25) is 11.3 Å². The monoisotopic (exact) mass is 669 g/mol. The van der Waals surface area contributed by atoms with Crippen molar-refractivity contribution >= 4 is 39.2 Å². The molecule has 49 heavy (non-hydrogen) atoms. The summed E-state index contributed by atoms with van der Waals surface area (Å²) in [5.74, 6) is -0.00434. The Kier molecular flexibility index (Phi) is 8.83. The molecule has 0 aliphatic carbocycles. The van der Waals surface area contributed by atoms with Gasteiger partial charge in [0.15, 0.2) is 17.3 Å². The zero-order valence-electron chi connectivity index (χ0n) is 28.4. The number of amides is 2. The molecule has 7 rings (SSSR count). The molecule has 2 fully saturated rings. The highest BCUT2D eigenvalue weighted by atomic mass is 19.1. The van der Waals surface area contributed by atoms with E-state index in [2.05, 4.69) is 22.5 Å². The van der Waals surface area contributed by atoms with Crippen LogP contribution in [0.2, 0.25) is 0 Å². The normalized spacial score (nSPS) is 18.1. The number of pyridine rings is 1. The van der Waals surface area contributed by atoms with E-state index in [0.29, 0.717) is 43.0 Å². The van der Waals surface area contributed by atoms with Gasteiger partial charge < -0.3 is 34.8 Å². The summed E-state index contributed by atoms with van der Waals surface area (Å²) in [5.41, 5.74) is -0.549. The van der Waals surface area contributed by atoms with Gasteiger partial charge in [-0.05, 0) is 94.1 Å². The van der Waals surface area contributed by atoms with Gasteiger partial charge in [0.1, 0.15) is 16.8 Å². The first-order valence-corrected chi connectivity index (χ1v) is 17.4. The molecule has 3 aliphatic rings. The number of fused-ring (bicyclic) bond motifs is 3. The number of nitrogens with one attached hydrogen (secondary N) is 2. The zero-order valence-corrected chi connectivity index (χ0v) is 28.4. The van der Waals surface area contributed by atoms with Gasteiger partial charge in [-0.2, -0.15) is 0 Å². The molecule has 258 valence electrons. The van der Waals surface area contributed by atoms with Crippen LogP contribution in [0.4, 0.5) is 10.1 Å². The quantitative estimate of drug-likeness (QED) is 0.187. The molecule has 0 spiro atoms. The number of likely N-dealkylation sites (tertiary alicyclic amines) is 1. The summed E-state index contributed by atoms with van der Waals surface area (Å²) >= 11 is 0. The minimum atomic E-state index is -1.15. The largest absolute Gasteiger partial charge is 0.451 e. The van der Waals surface area contributed by atoms with Gasteiger partial charge in [-0.25, -0.2) is 4.39 Å². The molecule has 2 amide bonds. The molecule has 4 heterocycles. The third-order valence-corrected chi connectivity index (χ3v) is 9.99. The van der Waals surface area contributed by atoms with Crippen LogP contribution in [0.15, 0.2) is 53.5 Å². The second kappa shape index (κ2) is 13.1. The van der Waals surface area contributed by atoms with Crippen molar-refractivity contribution in [1.29, 1.82) is 0 Å². The summed E-state index contributed by atoms with van der Waals surface area (Å²) in [5, 5.41) is 17.9. The van der Waals surface area contributed by atoms with Crippen LogP contribution in [-0.4, -0.2) is 77.3 Å². The smallest absolute Gasteiger partial charge is 0.256 e. The highest BCUT2D eigenvalue weighted by Gasteiger charge is 2.34. The van der Waals surface area contributed by atoms with E-state index in [1.54, 1.807) is 24.6 Å². The summed E-state index contributed by atoms with van der Waals surface area (Å²) in [7, 11) is 0. The standard InChI is InChI=1S/C38H44FN5O5/c1-23-9-14-42(15-10-23)13-6-12-40-37(47)28-22-44-30-17-24-7-4-5-8-25(24)18-31(30)49-36-33(44)27(35(28)46)19-29(39)34(36)43-16-11-26(21-43)41-32(45)20-38(2,3)48/h4-5,7-8,17-19,22-23,26,48H,6,9-16,20-21H2,1-3H3,(H,40,47)(H,41,45).